The summed E-state index contributed by atoms with van der Waals surface area (Å²) in [5.74, 6) is -0.701. The number of benzene rings is 2. The molecule has 0 heterocycles. The summed E-state index contributed by atoms with van der Waals surface area (Å²) >= 11 is 0. The van der Waals surface area contributed by atoms with Crippen LogP contribution in [0.3, 0.4) is 0 Å². The second-order valence-corrected chi connectivity index (χ2v) is 5.89. The van der Waals surface area contributed by atoms with E-state index in [1.165, 1.54) is 36.4 Å². The van der Waals surface area contributed by atoms with Crippen LogP contribution in [0.25, 0.3) is 0 Å². The second-order valence-electron chi connectivity index (χ2n) is 5.89. The number of carbonyl (C=O) groups is 2. The summed E-state index contributed by atoms with van der Waals surface area (Å²) in [6, 6.07) is 10.3. The molecule has 0 aromatic heterocycles. The van der Waals surface area contributed by atoms with Gasteiger partial charge >= 0.3 is 6.18 Å². The predicted octanol–water partition coefficient (Wildman–Crippen LogP) is 4.49. The number of rotatable bonds is 5. The molecule has 0 spiro atoms. The lowest BCUT2D eigenvalue weighted by molar-refractivity contribution is -0.137. The van der Waals surface area contributed by atoms with Crippen LogP contribution in [0.1, 0.15) is 46.5 Å². The first-order valence-electron chi connectivity index (χ1n) is 8.10. The maximum absolute atomic E-state index is 12.5. The van der Waals surface area contributed by atoms with Crippen LogP contribution >= 0.6 is 0 Å². The van der Waals surface area contributed by atoms with Gasteiger partial charge in [0.25, 0.3) is 11.8 Å². The van der Waals surface area contributed by atoms with Gasteiger partial charge in [-0.05, 0) is 61.9 Å². The van der Waals surface area contributed by atoms with Gasteiger partial charge in [0, 0.05) is 22.9 Å². The smallest absolute Gasteiger partial charge is 0.350 e. The molecule has 0 saturated carbocycles. The van der Waals surface area contributed by atoms with E-state index in [0.717, 1.165) is 18.6 Å². The number of alkyl halides is 3. The standard InChI is InChI=1S/C19H19F3N2O2/c1-3-12(2)23-17(25)13-4-6-14(7-5-13)18(26)24-16-10-8-15(9-11-16)19(20,21)22/h4-12H,3H2,1-2H3,(H,23,25)(H,24,26). The molecule has 1 unspecified atom stereocenters. The van der Waals surface area contributed by atoms with Crippen molar-refractivity contribution in [3.63, 3.8) is 0 Å². The first kappa shape index (κ1) is 19.5. The van der Waals surface area contributed by atoms with Gasteiger partial charge in [-0.15, -0.1) is 0 Å². The van der Waals surface area contributed by atoms with Gasteiger partial charge in [0.1, 0.15) is 0 Å². The molecule has 0 saturated heterocycles. The summed E-state index contributed by atoms with van der Waals surface area (Å²) in [5.41, 5.74) is 0.190. The van der Waals surface area contributed by atoms with Crippen molar-refractivity contribution in [1.82, 2.24) is 5.32 Å². The average molecular weight is 364 g/mol. The highest BCUT2D eigenvalue weighted by atomic mass is 19.4. The Hall–Kier alpha value is -2.83. The molecule has 0 fully saturated rings. The number of hydrogen-bond donors (Lipinski definition) is 2. The number of hydrogen-bond acceptors (Lipinski definition) is 2. The van der Waals surface area contributed by atoms with Crippen LogP contribution in [0.2, 0.25) is 0 Å². The van der Waals surface area contributed by atoms with Gasteiger partial charge in [0.2, 0.25) is 0 Å². The molecule has 2 aromatic carbocycles. The molecule has 2 N–H and O–H groups in total. The Bertz CT molecular complexity index is 769. The summed E-state index contributed by atoms with van der Waals surface area (Å²) in [4.78, 5) is 24.2. The Morgan fingerprint density at radius 3 is 1.88 bits per heavy atom. The number of carbonyl (C=O) groups excluding carboxylic acids is 2. The summed E-state index contributed by atoms with van der Waals surface area (Å²) < 4.78 is 37.6. The van der Waals surface area contributed by atoms with E-state index >= 15 is 0 Å². The highest BCUT2D eigenvalue weighted by Crippen LogP contribution is 2.29. The van der Waals surface area contributed by atoms with E-state index in [2.05, 4.69) is 10.6 Å². The van der Waals surface area contributed by atoms with Crippen LogP contribution < -0.4 is 10.6 Å². The second kappa shape index (κ2) is 8.03. The molecule has 0 radical (unpaired) electrons. The van der Waals surface area contributed by atoms with Crippen molar-refractivity contribution in [2.45, 2.75) is 32.5 Å². The molecule has 7 heteroatoms. The monoisotopic (exact) mass is 364 g/mol. The summed E-state index contributed by atoms with van der Waals surface area (Å²) in [6.45, 7) is 3.85. The van der Waals surface area contributed by atoms with E-state index in [9.17, 15) is 22.8 Å². The van der Waals surface area contributed by atoms with Crippen LogP contribution in [0, 0.1) is 0 Å². The van der Waals surface area contributed by atoms with Gasteiger partial charge in [-0.2, -0.15) is 13.2 Å². The minimum atomic E-state index is -4.42. The highest BCUT2D eigenvalue weighted by molar-refractivity contribution is 6.05. The Kier molecular flexibility index (Phi) is 6.02. The molecule has 0 aliphatic rings. The first-order chi connectivity index (χ1) is 12.2. The molecule has 0 aliphatic heterocycles. The predicted molar refractivity (Wildman–Crippen MR) is 93.1 cm³/mol. The van der Waals surface area contributed by atoms with Gasteiger partial charge in [-0.1, -0.05) is 6.92 Å². The molecule has 0 bridgehead atoms. The van der Waals surface area contributed by atoms with Crippen LogP contribution in [0.5, 0.6) is 0 Å². The van der Waals surface area contributed by atoms with Gasteiger partial charge in [-0.25, -0.2) is 0 Å². The molecule has 0 aliphatic carbocycles. The number of halogens is 3. The SMILES string of the molecule is CCC(C)NC(=O)c1ccc(C(=O)Nc2ccc(C(F)(F)F)cc2)cc1. The Morgan fingerprint density at radius 1 is 0.923 bits per heavy atom. The van der Waals surface area contributed by atoms with Crippen molar-refractivity contribution in [2.24, 2.45) is 0 Å². The topological polar surface area (TPSA) is 58.2 Å². The zero-order valence-electron chi connectivity index (χ0n) is 14.4. The highest BCUT2D eigenvalue weighted by Gasteiger charge is 2.30. The van der Waals surface area contributed by atoms with Gasteiger partial charge in [0.15, 0.2) is 0 Å². The normalized spacial score (nSPS) is 12.3. The Balaban J connectivity index is 2.03. The maximum atomic E-state index is 12.5. The van der Waals surface area contributed by atoms with E-state index in [-0.39, 0.29) is 17.6 Å². The molecule has 26 heavy (non-hydrogen) atoms. The van der Waals surface area contributed by atoms with Crippen LogP contribution in [0.4, 0.5) is 18.9 Å². The van der Waals surface area contributed by atoms with Gasteiger partial charge in [-0.3, -0.25) is 9.59 Å². The third-order valence-corrected chi connectivity index (χ3v) is 3.87. The molecule has 4 nitrogen and oxygen atoms in total. The van der Waals surface area contributed by atoms with E-state index < -0.39 is 17.6 Å². The molecule has 2 amide bonds. The van der Waals surface area contributed by atoms with Crippen LogP contribution in [-0.4, -0.2) is 17.9 Å². The fraction of sp³-hybridized carbons (Fsp3) is 0.263. The molecule has 1 atom stereocenters. The van der Waals surface area contributed by atoms with Crippen molar-refractivity contribution >= 4 is 17.5 Å². The minimum absolute atomic E-state index is 0.0464. The van der Waals surface area contributed by atoms with Crippen molar-refractivity contribution < 1.29 is 22.8 Å². The lowest BCUT2D eigenvalue weighted by Gasteiger charge is -2.12. The lowest BCUT2D eigenvalue weighted by Crippen LogP contribution is -2.31. The van der Waals surface area contributed by atoms with Crippen molar-refractivity contribution in [3.05, 3.63) is 65.2 Å². The molecule has 138 valence electrons. The van der Waals surface area contributed by atoms with Crippen molar-refractivity contribution in [2.75, 3.05) is 5.32 Å². The van der Waals surface area contributed by atoms with E-state index in [4.69, 9.17) is 0 Å². The van der Waals surface area contributed by atoms with E-state index in [1.807, 2.05) is 13.8 Å². The first-order valence-corrected chi connectivity index (χ1v) is 8.10. The number of nitrogens with one attached hydrogen (secondary N) is 2. The third-order valence-electron chi connectivity index (χ3n) is 3.87. The lowest BCUT2D eigenvalue weighted by atomic mass is 10.1. The largest absolute Gasteiger partial charge is 0.416 e. The summed E-state index contributed by atoms with van der Waals surface area (Å²) in [5, 5.41) is 5.34. The fourth-order valence-corrected chi connectivity index (χ4v) is 2.13. The third kappa shape index (κ3) is 5.08. The van der Waals surface area contributed by atoms with Gasteiger partial charge < -0.3 is 10.6 Å². The van der Waals surface area contributed by atoms with Crippen molar-refractivity contribution in [1.29, 1.82) is 0 Å². The van der Waals surface area contributed by atoms with Crippen molar-refractivity contribution in [3.8, 4) is 0 Å². The molecule has 2 rings (SSSR count). The zero-order chi connectivity index (χ0) is 19.3. The zero-order valence-corrected chi connectivity index (χ0v) is 14.4. The average Bonchev–Trinajstić information content (AvgIpc) is 2.61. The summed E-state index contributed by atoms with van der Waals surface area (Å²) in [7, 11) is 0. The Labute approximate surface area is 149 Å². The van der Waals surface area contributed by atoms with Crippen LogP contribution in [-0.2, 0) is 6.18 Å². The minimum Gasteiger partial charge on any atom is -0.350 e. The molecular formula is C19H19F3N2O2. The van der Waals surface area contributed by atoms with Crippen LogP contribution in [0.15, 0.2) is 48.5 Å². The van der Waals surface area contributed by atoms with E-state index in [1.54, 1.807) is 0 Å². The molecular weight excluding hydrogens is 345 g/mol. The van der Waals surface area contributed by atoms with E-state index in [0.29, 0.717) is 11.1 Å². The Morgan fingerprint density at radius 2 is 1.42 bits per heavy atom. The number of anilines is 1. The molecule has 2 aromatic rings. The summed E-state index contributed by atoms with van der Waals surface area (Å²) in [6.07, 6.45) is -3.62. The maximum Gasteiger partial charge on any atom is 0.416 e. The quantitative estimate of drug-likeness (QED) is 0.821. The number of amides is 2. The fourth-order valence-electron chi connectivity index (χ4n) is 2.13. The van der Waals surface area contributed by atoms with Gasteiger partial charge in [0.05, 0.1) is 5.56 Å².